The number of benzene rings is 1. The lowest BCUT2D eigenvalue weighted by atomic mass is 10.0. The van der Waals surface area contributed by atoms with Crippen molar-refractivity contribution >= 4 is 40.5 Å². The van der Waals surface area contributed by atoms with E-state index in [9.17, 15) is 0 Å². The van der Waals surface area contributed by atoms with Crippen molar-refractivity contribution in [2.24, 2.45) is 0 Å². The molecule has 0 aromatic heterocycles. The summed E-state index contributed by atoms with van der Waals surface area (Å²) in [5, 5.41) is 0. The molecule has 1 heterocycles. The molecule has 4 heteroatoms. The molecular formula is C19H25IN2S. The second-order valence-electron chi connectivity index (χ2n) is 5.86. The molecular weight excluding hydrogens is 415 g/mol. The maximum absolute atomic E-state index is 3.15. The number of nitrogens with zero attached hydrogens (tertiary/aromatic N) is 1. The number of aryl methyl sites for hydroxylation is 1. The number of nitrogens with one attached hydrogen (secondary N) is 1. The van der Waals surface area contributed by atoms with Gasteiger partial charge in [-0.15, -0.1) is 0 Å². The molecule has 0 saturated carbocycles. The second-order valence-corrected chi connectivity index (χ2v) is 7.91. The van der Waals surface area contributed by atoms with Crippen LogP contribution in [0.5, 0.6) is 0 Å². The van der Waals surface area contributed by atoms with Crippen molar-refractivity contribution in [2.45, 2.75) is 33.4 Å². The minimum atomic E-state index is 0.970. The Balaban J connectivity index is 2.31. The molecule has 23 heavy (non-hydrogen) atoms. The topological polar surface area (TPSA) is 15.3 Å². The van der Waals surface area contributed by atoms with Gasteiger partial charge in [-0.1, -0.05) is 47.9 Å². The van der Waals surface area contributed by atoms with Gasteiger partial charge in [0.05, 0.1) is 0 Å². The van der Waals surface area contributed by atoms with Gasteiger partial charge >= 0.3 is 0 Å². The SMILES string of the molecule is C/C=C\C1=C(C)CN(/C(=C/C)c2cc(C)ccc2CSNI)C1. The Bertz CT molecular complexity index is 647. The zero-order valence-electron chi connectivity index (χ0n) is 14.3. The quantitative estimate of drug-likeness (QED) is 0.350. The Hall–Kier alpha value is -0.720. The summed E-state index contributed by atoms with van der Waals surface area (Å²) in [5.74, 6) is 0.970. The molecule has 0 amide bonds. The zero-order chi connectivity index (χ0) is 16.8. The normalized spacial score (nSPS) is 16.0. The minimum Gasteiger partial charge on any atom is -0.363 e. The summed E-state index contributed by atoms with van der Waals surface area (Å²) in [6, 6.07) is 6.79. The first kappa shape index (κ1) is 18.6. The Morgan fingerprint density at radius 1 is 1.30 bits per heavy atom. The first-order chi connectivity index (χ1) is 11.1. The summed E-state index contributed by atoms with van der Waals surface area (Å²) in [6.45, 7) is 10.7. The van der Waals surface area contributed by atoms with Crippen LogP contribution in [0.15, 0.2) is 47.6 Å². The Morgan fingerprint density at radius 2 is 2.09 bits per heavy atom. The van der Waals surface area contributed by atoms with Crippen molar-refractivity contribution < 1.29 is 0 Å². The van der Waals surface area contributed by atoms with E-state index in [0.717, 1.165) is 18.8 Å². The van der Waals surface area contributed by atoms with Gasteiger partial charge in [0.25, 0.3) is 0 Å². The molecule has 2 rings (SSSR count). The van der Waals surface area contributed by atoms with Crippen LogP contribution in [0.3, 0.4) is 0 Å². The van der Waals surface area contributed by atoms with Gasteiger partial charge in [0.2, 0.25) is 0 Å². The van der Waals surface area contributed by atoms with Gasteiger partial charge < -0.3 is 4.90 Å². The lowest BCUT2D eigenvalue weighted by Crippen LogP contribution is -2.20. The zero-order valence-corrected chi connectivity index (χ0v) is 17.3. The summed E-state index contributed by atoms with van der Waals surface area (Å²) >= 11 is 3.92. The second kappa shape index (κ2) is 8.94. The molecule has 1 aliphatic heterocycles. The smallest absolute Gasteiger partial charge is 0.0433 e. The minimum absolute atomic E-state index is 0.970. The Morgan fingerprint density at radius 3 is 2.74 bits per heavy atom. The molecule has 0 bridgehead atoms. The van der Waals surface area contributed by atoms with Crippen molar-refractivity contribution in [2.75, 3.05) is 13.1 Å². The van der Waals surface area contributed by atoms with Crippen LogP contribution in [-0.2, 0) is 5.75 Å². The molecule has 2 nitrogen and oxygen atoms in total. The summed E-state index contributed by atoms with van der Waals surface area (Å²) < 4.78 is 3.15. The number of allylic oxidation sites excluding steroid dienone is 2. The van der Waals surface area contributed by atoms with Crippen molar-refractivity contribution in [1.82, 2.24) is 7.84 Å². The molecule has 1 aromatic carbocycles. The van der Waals surface area contributed by atoms with Crippen LogP contribution in [0.25, 0.3) is 5.70 Å². The summed E-state index contributed by atoms with van der Waals surface area (Å²) in [6.07, 6.45) is 6.64. The fourth-order valence-corrected chi connectivity index (χ4v) is 3.95. The van der Waals surface area contributed by atoms with Crippen LogP contribution >= 0.6 is 34.8 Å². The standard InChI is InChI=1S/C19H25IN2S/c1-5-7-16-12-22(11-15(16)4)19(6-2)18-10-14(3)8-9-17(18)13-23-21-20/h5-10,21H,11-13H2,1-4H3/b7-5-,19-6+. The molecule has 124 valence electrons. The van der Waals surface area contributed by atoms with Crippen LogP contribution in [0, 0.1) is 6.92 Å². The highest BCUT2D eigenvalue weighted by molar-refractivity contribution is 14.1. The van der Waals surface area contributed by atoms with Gasteiger partial charge in [-0.2, -0.15) is 0 Å². The number of hydrogen-bond donors (Lipinski definition) is 1. The third kappa shape index (κ3) is 4.64. The highest BCUT2D eigenvalue weighted by Gasteiger charge is 2.21. The fourth-order valence-electron chi connectivity index (χ4n) is 3.02. The number of hydrogen-bond acceptors (Lipinski definition) is 3. The van der Waals surface area contributed by atoms with Gasteiger partial charge in [-0.3, -0.25) is 0 Å². The van der Waals surface area contributed by atoms with E-state index in [4.69, 9.17) is 0 Å². The van der Waals surface area contributed by atoms with E-state index in [0.29, 0.717) is 0 Å². The van der Waals surface area contributed by atoms with E-state index in [2.05, 4.69) is 94.8 Å². The Labute approximate surface area is 158 Å². The van der Waals surface area contributed by atoms with Crippen molar-refractivity contribution in [3.05, 3.63) is 64.3 Å². The van der Waals surface area contributed by atoms with Gasteiger partial charge in [0.15, 0.2) is 0 Å². The van der Waals surface area contributed by atoms with Gasteiger partial charge in [-0.25, -0.2) is 2.94 Å². The molecule has 1 N–H and O–H groups in total. The van der Waals surface area contributed by atoms with Gasteiger partial charge in [0.1, 0.15) is 0 Å². The van der Waals surface area contributed by atoms with Crippen molar-refractivity contribution in [1.29, 1.82) is 0 Å². The first-order valence-electron chi connectivity index (χ1n) is 7.90. The van der Waals surface area contributed by atoms with Crippen LogP contribution in [0.1, 0.15) is 37.5 Å². The first-order valence-corrected chi connectivity index (χ1v) is 9.97. The lowest BCUT2D eigenvalue weighted by Gasteiger charge is -2.25. The molecule has 0 spiro atoms. The van der Waals surface area contributed by atoms with Crippen molar-refractivity contribution in [3.63, 3.8) is 0 Å². The fraction of sp³-hybridized carbons (Fsp3) is 0.368. The third-order valence-electron chi connectivity index (χ3n) is 4.14. The van der Waals surface area contributed by atoms with E-state index in [1.54, 1.807) is 11.9 Å². The molecule has 0 unspecified atom stereocenters. The van der Waals surface area contributed by atoms with Gasteiger partial charge in [-0.05, 0) is 50.5 Å². The third-order valence-corrected chi connectivity index (χ3v) is 5.64. The maximum atomic E-state index is 3.15. The van der Waals surface area contributed by atoms with Gasteiger partial charge in [0, 0.05) is 53.0 Å². The predicted molar refractivity (Wildman–Crippen MR) is 112 cm³/mol. The monoisotopic (exact) mass is 440 g/mol. The lowest BCUT2D eigenvalue weighted by molar-refractivity contribution is 0.501. The molecule has 0 atom stereocenters. The van der Waals surface area contributed by atoms with Crippen molar-refractivity contribution in [3.8, 4) is 0 Å². The predicted octanol–water partition coefficient (Wildman–Crippen LogP) is 5.65. The Kier molecular flexibility index (Phi) is 7.24. The van der Waals surface area contributed by atoms with E-state index in [1.165, 1.54) is 33.5 Å². The average Bonchev–Trinajstić information content (AvgIpc) is 2.88. The largest absolute Gasteiger partial charge is 0.363 e. The maximum Gasteiger partial charge on any atom is 0.0433 e. The van der Waals surface area contributed by atoms with E-state index >= 15 is 0 Å². The highest BCUT2D eigenvalue weighted by atomic mass is 127. The van der Waals surface area contributed by atoms with Crippen LogP contribution in [0.2, 0.25) is 0 Å². The van der Waals surface area contributed by atoms with Crippen LogP contribution in [-0.4, -0.2) is 18.0 Å². The van der Waals surface area contributed by atoms with E-state index < -0.39 is 0 Å². The summed E-state index contributed by atoms with van der Waals surface area (Å²) in [4.78, 5) is 2.49. The highest BCUT2D eigenvalue weighted by Crippen LogP contribution is 2.31. The average molecular weight is 440 g/mol. The molecule has 0 radical (unpaired) electrons. The molecule has 1 aliphatic rings. The van der Waals surface area contributed by atoms with E-state index in [1.807, 2.05) is 0 Å². The summed E-state index contributed by atoms with van der Waals surface area (Å²) in [5.41, 5.74) is 8.32. The molecule has 0 fully saturated rings. The number of rotatable bonds is 6. The van der Waals surface area contributed by atoms with E-state index in [-0.39, 0.29) is 0 Å². The summed E-state index contributed by atoms with van der Waals surface area (Å²) in [7, 11) is 0. The molecule has 0 aliphatic carbocycles. The van der Waals surface area contributed by atoms with Crippen LogP contribution in [0.4, 0.5) is 0 Å². The van der Waals surface area contributed by atoms with Crippen LogP contribution < -0.4 is 2.94 Å². The molecule has 0 saturated heterocycles. The molecule has 1 aromatic rings. The number of halogens is 1.